The van der Waals surface area contributed by atoms with E-state index in [1.54, 1.807) is 0 Å². The highest BCUT2D eigenvalue weighted by Gasteiger charge is 2.28. The number of ether oxygens (including phenoxy) is 1. The first kappa shape index (κ1) is 23.9. The Kier molecular flexibility index (Phi) is 13.5. The van der Waals surface area contributed by atoms with Crippen molar-refractivity contribution in [2.24, 2.45) is 0 Å². The fraction of sp³-hybridized carbons (Fsp3) is 0.667. The second-order valence-electron chi connectivity index (χ2n) is 7.23. The second kappa shape index (κ2) is 14.1. The summed E-state index contributed by atoms with van der Waals surface area (Å²) in [6.07, 6.45) is 26.9. The third-order valence-electron chi connectivity index (χ3n) is 4.06. The summed E-state index contributed by atoms with van der Waals surface area (Å²) in [7, 11) is 0. The largest absolute Gasteiger partial charge is 0.353 e. The van der Waals surface area contributed by atoms with Gasteiger partial charge in [-0.25, -0.2) is 0 Å². The summed E-state index contributed by atoms with van der Waals surface area (Å²) in [4.78, 5) is 0. The Hall–Kier alpha value is -1.08. The van der Waals surface area contributed by atoms with Gasteiger partial charge in [-0.3, -0.25) is 0 Å². The van der Waals surface area contributed by atoms with E-state index in [-0.39, 0.29) is 11.2 Å². The number of hydrogen-bond acceptors (Lipinski definition) is 1. The molecule has 0 fully saturated rings. The molecule has 25 heavy (non-hydrogen) atoms. The third-order valence-corrected chi connectivity index (χ3v) is 4.06. The minimum absolute atomic E-state index is 0.383. The van der Waals surface area contributed by atoms with Gasteiger partial charge in [0, 0.05) is 0 Å². The van der Waals surface area contributed by atoms with Crippen LogP contribution in [-0.4, -0.2) is 11.2 Å². The van der Waals surface area contributed by atoms with Crippen LogP contribution in [0.1, 0.15) is 92.9 Å². The maximum Gasteiger partial charge on any atom is 0.103 e. The Labute approximate surface area is 157 Å². The van der Waals surface area contributed by atoms with Crippen molar-refractivity contribution < 1.29 is 4.74 Å². The summed E-state index contributed by atoms with van der Waals surface area (Å²) in [6, 6.07) is 0. The zero-order chi connectivity index (χ0) is 19.0. The Balaban J connectivity index is 5.45. The average Bonchev–Trinajstić information content (AvgIpc) is 2.56. The molecule has 0 N–H and O–H groups in total. The summed E-state index contributed by atoms with van der Waals surface area (Å²) in [5, 5.41) is 0. The van der Waals surface area contributed by atoms with Gasteiger partial charge in [0.15, 0.2) is 0 Å². The molecule has 0 aliphatic heterocycles. The Bertz CT molecular complexity index is 353. The molecular formula is C24H42O. The molecule has 0 radical (unpaired) electrons. The first-order valence-corrected chi connectivity index (χ1v) is 10.4. The van der Waals surface area contributed by atoms with Gasteiger partial charge in [0.25, 0.3) is 0 Å². The maximum atomic E-state index is 6.66. The van der Waals surface area contributed by atoms with Gasteiger partial charge >= 0.3 is 0 Å². The van der Waals surface area contributed by atoms with Crippen LogP contribution in [0.25, 0.3) is 0 Å². The van der Waals surface area contributed by atoms with E-state index < -0.39 is 0 Å². The molecule has 144 valence electrons. The molecule has 0 atom stereocenters. The third kappa shape index (κ3) is 12.0. The van der Waals surface area contributed by atoms with Crippen LogP contribution in [0.3, 0.4) is 0 Å². The number of allylic oxidation sites excluding steroid dienone is 4. The standard InChI is InChI=1S/C24H42O/c1-7-11-15-19-23(5,20-16-12-8-2)25-24(6,21-17-13-9-3)22-18-14-10-4/h15-22H,7-14H2,1-6H3. The van der Waals surface area contributed by atoms with E-state index >= 15 is 0 Å². The SMILES string of the molecule is CCCC=CC(C)(C=CCCC)OC(C)(C=CCCC)C=CCCC. The lowest BCUT2D eigenvalue weighted by molar-refractivity contribution is -0.0352. The van der Waals surface area contributed by atoms with E-state index in [2.05, 4.69) is 90.2 Å². The molecule has 0 aliphatic carbocycles. The Morgan fingerprint density at radius 2 is 0.760 bits per heavy atom. The molecule has 0 aromatic rings. The lowest BCUT2D eigenvalue weighted by Crippen LogP contribution is -2.36. The lowest BCUT2D eigenvalue weighted by Gasteiger charge is -2.34. The van der Waals surface area contributed by atoms with Gasteiger partial charge in [-0.2, -0.15) is 0 Å². The van der Waals surface area contributed by atoms with Crippen LogP contribution in [0.15, 0.2) is 48.6 Å². The van der Waals surface area contributed by atoms with Crippen LogP contribution in [0.5, 0.6) is 0 Å². The van der Waals surface area contributed by atoms with Crippen LogP contribution in [0.4, 0.5) is 0 Å². The first-order chi connectivity index (χ1) is 11.9. The fourth-order valence-electron chi connectivity index (χ4n) is 2.66. The molecule has 1 nitrogen and oxygen atoms in total. The van der Waals surface area contributed by atoms with Crippen molar-refractivity contribution in [1.82, 2.24) is 0 Å². The molecule has 0 bridgehead atoms. The van der Waals surface area contributed by atoms with Gasteiger partial charge in [-0.1, -0.05) is 102 Å². The Morgan fingerprint density at radius 1 is 0.520 bits per heavy atom. The molecular weight excluding hydrogens is 304 g/mol. The fourth-order valence-corrected chi connectivity index (χ4v) is 2.66. The van der Waals surface area contributed by atoms with E-state index in [4.69, 9.17) is 4.74 Å². The van der Waals surface area contributed by atoms with E-state index in [9.17, 15) is 0 Å². The molecule has 0 aliphatic rings. The molecule has 0 saturated carbocycles. The maximum absolute atomic E-state index is 6.66. The molecule has 0 unspecified atom stereocenters. The van der Waals surface area contributed by atoms with Crippen LogP contribution in [0, 0.1) is 0 Å². The molecule has 0 saturated heterocycles. The van der Waals surface area contributed by atoms with Crippen LogP contribution in [-0.2, 0) is 4.74 Å². The van der Waals surface area contributed by atoms with Gasteiger partial charge in [-0.15, -0.1) is 0 Å². The average molecular weight is 347 g/mol. The highest BCUT2D eigenvalue weighted by molar-refractivity contribution is 5.19. The Morgan fingerprint density at radius 3 is 0.960 bits per heavy atom. The zero-order valence-corrected chi connectivity index (χ0v) is 17.7. The van der Waals surface area contributed by atoms with E-state index in [0.29, 0.717) is 0 Å². The summed E-state index contributed by atoms with van der Waals surface area (Å²) in [5.41, 5.74) is -0.765. The van der Waals surface area contributed by atoms with Crippen molar-refractivity contribution in [2.75, 3.05) is 0 Å². The van der Waals surface area contributed by atoms with Gasteiger partial charge in [-0.05, 0) is 39.5 Å². The minimum atomic E-state index is -0.383. The van der Waals surface area contributed by atoms with Crippen molar-refractivity contribution in [3.8, 4) is 0 Å². The number of rotatable bonds is 14. The molecule has 0 heterocycles. The van der Waals surface area contributed by atoms with Gasteiger partial charge in [0.1, 0.15) is 11.2 Å². The van der Waals surface area contributed by atoms with E-state index in [1.807, 2.05) is 0 Å². The van der Waals surface area contributed by atoms with Crippen LogP contribution < -0.4 is 0 Å². The zero-order valence-electron chi connectivity index (χ0n) is 17.7. The molecule has 0 aromatic heterocycles. The molecule has 0 amide bonds. The number of hydrogen-bond donors (Lipinski definition) is 0. The summed E-state index contributed by atoms with van der Waals surface area (Å²) in [6.45, 7) is 13.2. The molecule has 0 rings (SSSR count). The normalized spacial score (nSPS) is 17.8. The monoisotopic (exact) mass is 346 g/mol. The highest BCUT2D eigenvalue weighted by Crippen LogP contribution is 2.27. The van der Waals surface area contributed by atoms with Gasteiger partial charge in [0.2, 0.25) is 0 Å². The smallest absolute Gasteiger partial charge is 0.103 e. The van der Waals surface area contributed by atoms with Crippen molar-refractivity contribution in [3.63, 3.8) is 0 Å². The summed E-state index contributed by atoms with van der Waals surface area (Å²) < 4.78 is 6.66. The van der Waals surface area contributed by atoms with Gasteiger partial charge in [0.05, 0.1) is 0 Å². The summed E-state index contributed by atoms with van der Waals surface area (Å²) in [5.74, 6) is 0. The topological polar surface area (TPSA) is 9.23 Å². The second-order valence-corrected chi connectivity index (χ2v) is 7.23. The van der Waals surface area contributed by atoms with Crippen molar-refractivity contribution in [1.29, 1.82) is 0 Å². The molecule has 0 spiro atoms. The molecule has 0 aromatic carbocycles. The number of unbranched alkanes of at least 4 members (excludes halogenated alkanes) is 4. The first-order valence-electron chi connectivity index (χ1n) is 10.4. The predicted octanol–water partition coefficient (Wildman–Crippen LogP) is 7.95. The summed E-state index contributed by atoms with van der Waals surface area (Å²) >= 11 is 0. The van der Waals surface area contributed by atoms with E-state index in [0.717, 1.165) is 51.4 Å². The lowest BCUT2D eigenvalue weighted by atomic mass is 9.98. The van der Waals surface area contributed by atoms with Crippen molar-refractivity contribution >= 4 is 0 Å². The minimum Gasteiger partial charge on any atom is -0.353 e. The van der Waals surface area contributed by atoms with E-state index in [1.165, 1.54) is 0 Å². The predicted molar refractivity (Wildman–Crippen MR) is 114 cm³/mol. The van der Waals surface area contributed by atoms with Crippen LogP contribution >= 0.6 is 0 Å². The van der Waals surface area contributed by atoms with Crippen LogP contribution in [0.2, 0.25) is 0 Å². The van der Waals surface area contributed by atoms with Crippen molar-refractivity contribution in [2.45, 2.75) is 104 Å². The molecule has 1 heteroatoms. The quantitative estimate of drug-likeness (QED) is 0.290. The highest BCUT2D eigenvalue weighted by atomic mass is 16.5. The van der Waals surface area contributed by atoms with Gasteiger partial charge < -0.3 is 4.74 Å². The van der Waals surface area contributed by atoms with Crippen molar-refractivity contribution in [3.05, 3.63) is 48.6 Å².